The van der Waals surface area contributed by atoms with Crippen LogP contribution in [0, 0.1) is 5.92 Å². The molecule has 7 heteroatoms. The zero-order valence-electron chi connectivity index (χ0n) is 32.6. The van der Waals surface area contributed by atoms with Crippen LogP contribution in [0.25, 0.3) is 0 Å². The average Bonchev–Trinajstić information content (AvgIpc) is 3.08. The summed E-state index contributed by atoms with van der Waals surface area (Å²) in [6, 6.07) is -0.149. The van der Waals surface area contributed by atoms with E-state index in [-0.39, 0.29) is 35.6 Å². The fourth-order valence-corrected chi connectivity index (χ4v) is 7.35. The van der Waals surface area contributed by atoms with E-state index >= 15 is 0 Å². The van der Waals surface area contributed by atoms with E-state index in [9.17, 15) is 13.0 Å². The molecule has 0 fully saturated rings. The van der Waals surface area contributed by atoms with Gasteiger partial charge in [0.05, 0.1) is 0 Å². The van der Waals surface area contributed by atoms with Gasteiger partial charge in [-0.25, -0.2) is 12.7 Å². The summed E-state index contributed by atoms with van der Waals surface area (Å²) >= 11 is 0. The number of nitrogens with zero attached hydrogens (tertiary/aromatic N) is 2. The molecule has 0 aliphatic heterocycles. The van der Waals surface area contributed by atoms with Crippen LogP contribution < -0.4 is 29.6 Å². The van der Waals surface area contributed by atoms with Gasteiger partial charge in [-0.05, 0) is 64.0 Å². The van der Waals surface area contributed by atoms with Gasteiger partial charge >= 0.3 is 29.6 Å². The van der Waals surface area contributed by atoms with Crippen molar-refractivity contribution in [1.29, 1.82) is 0 Å². The Labute approximate surface area is 327 Å². The van der Waals surface area contributed by atoms with E-state index in [1.165, 1.54) is 142 Å². The van der Waals surface area contributed by atoms with Gasteiger partial charge in [0.2, 0.25) is 0 Å². The molecule has 0 aromatic rings. The van der Waals surface area contributed by atoms with Crippen molar-refractivity contribution in [2.75, 3.05) is 13.6 Å². The smallest absolute Gasteiger partial charge is 0.735 e. The van der Waals surface area contributed by atoms with Gasteiger partial charge in [0, 0.05) is 25.6 Å². The maximum Gasteiger partial charge on any atom is 1.00 e. The number of hydrogen-bond acceptors (Lipinski definition) is 4. The Balaban J connectivity index is 0.0000230. The molecule has 0 aromatic carbocycles. The molecule has 0 aromatic heterocycles. The monoisotopic (exact) mass is 713 g/mol. The van der Waals surface area contributed by atoms with E-state index in [1.807, 2.05) is 0 Å². The first-order chi connectivity index (χ1) is 23.4. The van der Waals surface area contributed by atoms with Crippen LogP contribution in [0.2, 0.25) is 0 Å². The van der Waals surface area contributed by atoms with Crippen LogP contribution in [0.3, 0.4) is 0 Å². The van der Waals surface area contributed by atoms with E-state index in [2.05, 4.69) is 54.6 Å². The van der Waals surface area contributed by atoms with Crippen molar-refractivity contribution in [3.8, 4) is 0 Å². The van der Waals surface area contributed by atoms with Crippen LogP contribution in [0.5, 0.6) is 0 Å². The maximum absolute atomic E-state index is 11.7. The number of unbranched alkanes of at least 4 members (excludes halogenated alkanes) is 24. The summed E-state index contributed by atoms with van der Waals surface area (Å²) in [5.74, 6) is 0.594. The van der Waals surface area contributed by atoms with E-state index in [1.54, 1.807) is 0 Å². The molecule has 1 aliphatic rings. The standard InChI is InChI=1S/C42H78N2O3S.Na/c1-3-4-5-6-7-8-9-10-11-14-17-20-23-26-32-37-42(44(2)48(45,46)47)38-33-27-24-21-18-15-12-13-16-19-22-25-28-34-39-43-40-41-35-30-29-31-36-41;/h12,15,29-31,35,39,41-42H,3-11,13-14,16-28,32-34,36-38,40H2,1-2H3,(H,45,46,47);/q;+1/p-1/b15-12-,43-39?;. The van der Waals surface area contributed by atoms with Crippen LogP contribution >= 0.6 is 0 Å². The molecular weight excluding hydrogens is 636 g/mol. The van der Waals surface area contributed by atoms with Crippen molar-refractivity contribution in [3.05, 3.63) is 36.5 Å². The number of aliphatic imine (C=N–C) groups is 1. The summed E-state index contributed by atoms with van der Waals surface area (Å²) in [6.45, 7) is 3.21. The Hall–Kier alpha value is -0.240. The third-order valence-electron chi connectivity index (χ3n) is 10.1. The Morgan fingerprint density at radius 2 is 1.10 bits per heavy atom. The molecule has 0 radical (unpaired) electrons. The van der Waals surface area contributed by atoms with Gasteiger partial charge in [-0.15, -0.1) is 0 Å². The summed E-state index contributed by atoms with van der Waals surface area (Å²) in [6.07, 6.45) is 52.5. The maximum atomic E-state index is 11.7. The van der Waals surface area contributed by atoms with Crippen molar-refractivity contribution in [2.24, 2.45) is 10.9 Å². The molecule has 1 aliphatic carbocycles. The summed E-state index contributed by atoms with van der Waals surface area (Å²) in [7, 11) is -2.90. The van der Waals surface area contributed by atoms with Gasteiger partial charge < -0.3 is 4.55 Å². The molecule has 5 nitrogen and oxygen atoms in total. The summed E-state index contributed by atoms with van der Waals surface area (Å²) in [5, 5.41) is 0. The molecule has 0 spiro atoms. The van der Waals surface area contributed by atoms with Gasteiger partial charge in [-0.1, -0.05) is 178 Å². The quantitative estimate of drug-likeness (QED) is 0.0216. The zero-order valence-corrected chi connectivity index (χ0v) is 35.5. The first-order valence-electron chi connectivity index (χ1n) is 20.6. The molecule has 0 heterocycles. The SMILES string of the molecule is CCCCCCCCCCCCCCCCCC(CCCCCC/C=C\CCCCCCCC=NCC1C=CC=CC1)N(C)S(=O)(=O)[O-].[Na+]. The Morgan fingerprint density at radius 3 is 1.53 bits per heavy atom. The Kier molecular flexibility index (Phi) is 36.0. The normalized spacial score (nSPS) is 15.6. The number of rotatable bonds is 35. The Morgan fingerprint density at radius 1 is 0.673 bits per heavy atom. The number of hydrogen-bond donors (Lipinski definition) is 0. The van der Waals surface area contributed by atoms with Crippen molar-refractivity contribution < 1.29 is 42.5 Å². The molecule has 1 rings (SSSR count). The van der Waals surface area contributed by atoms with Gasteiger partial charge in [0.15, 0.2) is 10.3 Å². The second-order valence-corrected chi connectivity index (χ2v) is 16.0. The fourth-order valence-electron chi connectivity index (χ4n) is 6.77. The average molecular weight is 713 g/mol. The van der Waals surface area contributed by atoms with Crippen molar-refractivity contribution in [1.82, 2.24) is 4.31 Å². The van der Waals surface area contributed by atoms with E-state index in [0.717, 1.165) is 68.6 Å². The minimum atomic E-state index is -4.38. The Bertz CT molecular complexity index is 934. The third kappa shape index (κ3) is 32.2. The van der Waals surface area contributed by atoms with Crippen molar-refractivity contribution in [2.45, 2.75) is 206 Å². The molecule has 0 amide bonds. The zero-order chi connectivity index (χ0) is 34.8. The van der Waals surface area contributed by atoms with Crippen molar-refractivity contribution >= 4 is 16.5 Å². The van der Waals surface area contributed by atoms with Gasteiger partial charge in [-0.2, -0.15) is 0 Å². The summed E-state index contributed by atoms with van der Waals surface area (Å²) < 4.78 is 36.2. The molecule has 0 saturated carbocycles. The molecule has 280 valence electrons. The topological polar surface area (TPSA) is 72.8 Å². The predicted molar refractivity (Wildman–Crippen MR) is 210 cm³/mol. The molecule has 0 saturated heterocycles. The fraction of sp³-hybridized carbons (Fsp3) is 0.833. The van der Waals surface area contributed by atoms with Crippen LogP contribution in [0.4, 0.5) is 0 Å². The van der Waals surface area contributed by atoms with Crippen LogP contribution in [0.1, 0.15) is 200 Å². The minimum absolute atomic E-state index is 0. The molecule has 49 heavy (non-hydrogen) atoms. The van der Waals surface area contributed by atoms with Gasteiger partial charge in [0.25, 0.3) is 0 Å². The molecular formula is C42H77N2NaO3S. The molecule has 0 N–H and O–H groups in total. The second kappa shape index (κ2) is 36.1. The van der Waals surface area contributed by atoms with Gasteiger partial charge in [0.1, 0.15) is 0 Å². The van der Waals surface area contributed by atoms with E-state index < -0.39 is 10.3 Å². The third-order valence-corrected chi connectivity index (χ3v) is 11.1. The van der Waals surface area contributed by atoms with E-state index in [0.29, 0.717) is 5.92 Å². The van der Waals surface area contributed by atoms with E-state index in [4.69, 9.17) is 0 Å². The summed E-state index contributed by atoms with van der Waals surface area (Å²) in [5.41, 5.74) is 0. The first kappa shape index (κ1) is 48.8. The van der Waals surface area contributed by atoms with Crippen LogP contribution in [-0.4, -0.2) is 43.1 Å². The molecule has 2 atom stereocenters. The predicted octanol–water partition coefficient (Wildman–Crippen LogP) is 9.84. The summed E-state index contributed by atoms with van der Waals surface area (Å²) in [4.78, 5) is 4.60. The van der Waals surface area contributed by atoms with Gasteiger partial charge in [-0.3, -0.25) is 4.99 Å². The first-order valence-corrected chi connectivity index (χ1v) is 22.0. The number of allylic oxidation sites excluding steroid dienone is 5. The largest absolute Gasteiger partial charge is 1.00 e. The van der Waals surface area contributed by atoms with Crippen LogP contribution in [-0.2, 0) is 10.3 Å². The molecule has 0 bridgehead atoms. The van der Waals surface area contributed by atoms with Crippen LogP contribution in [0.15, 0.2) is 41.4 Å². The minimum Gasteiger partial charge on any atom is -0.735 e. The second-order valence-electron chi connectivity index (χ2n) is 14.5. The van der Waals surface area contributed by atoms with Crippen molar-refractivity contribution in [3.63, 3.8) is 0 Å². The molecule has 2 unspecified atom stereocenters.